The number of rotatable bonds is 7. The van der Waals surface area contributed by atoms with E-state index in [4.69, 9.17) is 10.5 Å². The van der Waals surface area contributed by atoms with Gasteiger partial charge in [-0.2, -0.15) is 0 Å². The molecular weight excluding hydrogens is 216 g/mol. The van der Waals surface area contributed by atoms with E-state index in [1.54, 1.807) is 7.11 Å². The standard InChI is InChI=1S/C12H22N4O/c1-4-5-6-10(7-13)16-11-9(2)12(17-3)15-8-14-11/h8,10H,4-7,13H2,1-3H3,(H,14,15,16). The number of hydrogen-bond acceptors (Lipinski definition) is 5. The lowest BCUT2D eigenvalue weighted by molar-refractivity contribution is 0.393. The molecule has 1 heterocycles. The van der Waals surface area contributed by atoms with Gasteiger partial charge in [0, 0.05) is 12.6 Å². The molecule has 1 rings (SSSR count). The molecule has 0 aromatic carbocycles. The number of hydrogen-bond donors (Lipinski definition) is 2. The summed E-state index contributed by atoms with van der Waals surface area (Å²) in [5.41, 5.74) is 6.67. The summed E-state index contributed by atoms with van der Waals surface area (Å²) in [7, 11) is 1.61. The summed E-state index contributed by atoms with van der Waals surface area (Å²) in [6.45, 7) is 4.72. The van der Waals surface area contributed by atoms with Crippen LogP contribution in [-0.4, -0.2) is 29.7 Å². The minimum absolute atomic E-state index is 0.258. The molecule has 0 bridgehead atoms. The highest BCUT2D eigenvalue weighted by atomic mass is 16.5. The minimum atomic E-state index is 0.258. The van der Waals surface area contributed by atoms with Crippen LogP contribution in [0.2, 0.25) is 0 Å². The van der Waals surface area contributed by atoms with Crippen molar-refractivity contribution in [1.82, 2.24) is 9.97 Å². The quantitative estimate of drug-likeness (QED) is 0.756. The first-order valence-corrected chi connectivity index (χ1v) is 6.05. The minimum Gasteiger partial charge on any atom is -0.481 e. The van der Waals surface area contributed by atoms with E-state index in [9.17, 15) is 0 Å². The van der Waals surface area contributed by atoms with Gasteiger partial charge < -0.3 is 15.8 Å². The zero-order chi connectivity index (χ0) is 12.7. The fourth-order valence-corrected chi connectivity index (χ4v) is 1.68. The van der Waals surface area contributed by atoms with Crippen molar-refractivity contribution in [3.8, 4) is 5.88 Å². The van der Waals surface area contributed by atoms with Gasteiger partial charge in [-0.1, -0.05) is 19.8 Å². The number of nitrogens with one attached hydrogen (secondary N) is 1. The molecule has 0 radical (unpaired) electrons. The van der Waals surface area contributed by atoms with Crippen molar-refractivity contribution >= 4 is 5.82 Å². The molecule has 0 amide bonds. The summed E-state index contributed by atoms with van der Waals surface area (Å²) in [6.07, 6.45) is 4.89. The Morgan fingerprint density at radius 2 is 2.24 bits per heavy atom. The van der Waals surface area contributed by atoms with E-state index in [-0.39, 0.29) is 6.04 Å². The van der Waals surface area contributed by atoms with Crippen molar-refractivity contribution in [2.75, 3.05) is 19.0 Å². The third kappa shape index (κ3) is 3.85. The molecule has 1 atom stereocenters. The van der Waals surface area contributed by atoms with E-state index < -0.39 is 0 Å². The van der Waals surface area contributed by atoms with Crippen molar-refractivity contribution in [2.45, 2.75) is 39.2 Å². The molecule has 0 aliphatic heterocycles. The number of nitrogens with zero attached hydrogens (tertiary/aromatic N) is 2. The first kappa shape index (κ1) is 13.7. The highest BCUT2D eigenvalue weighted by molar-refractivity contribution is 5.48. The summed E-state index contributed by atoms with van der Waals surface area (Å²) in [4.78, 5) is 8.27. The maximum atomic E-state index is 5.74. The largest absolute Gasteiger partial charge is 0.481 e. The monoisotopic (exact) mass is 238 g/mol. The average molecular weight is 238 g/mol. The molecule has 1 unspecified atom stereocenters. The lowest BCUT2D eigenvalue weighted by atomic mass is 10.1. The number of ether oxygens (including phenoxy) is 1. The third-order valence-corrected chi connectivity index (χ3v) is 2.76. The molecular formula is C12H22N4O. The fraction of sp³-hybridized carbons (Fsp3) is 0.667. The zero-order valence-electron chi connectivity index (χ0n) is 10.9. The van der Waals surface area contributed by atoms with Crippen LogP contribution in [0, 0.1) is 6.92 Å². The summed E-state index contributed by atoms with van der Waals surface area (Å²) < 4.78 is 5.16. The molecule has 0 saturated carbocycles. The lowest BCUT2D eigenvalue weighted by Gasteiger charge is -2.18. The fourth-order valence-electron chi connectivity index (χ4n) is 1.68. The molecule has 3 N–H and O–H groups in total. The first-order chi connectivity index (χ1) is 8.22. The van der Waals surface area contributed by atoms with Gasteiger partial charge in [-0.05, 0) is 13.3 Å². The number of nitrogens with two attached hydrogens (primary N) is 1. The normalized spacial score (nSPS) is 12.2. The van der Waals surface area contributed by atoms with Crippen LogP contribution in [0.25, 0.3) is 0 Å². The van der Waals surface area contributed by atoms with Crippen LogP contribution in [0.5, 0.6) is 5.88 Å². The smallest absolute Gasteiger partial charge is 0.221 e. The van der Waals surface area contributed by atoms with Gasteiger partial charge in [-0.25, -0.2) is 9.97 Å². The maximum absolute atomic E-state index is 5.74. The van der Waals surface area contributed by atoms with Crippen molar-refractivity contribution in [3.05, 3.63) is 11.9 Å². The van der Waals surface area contributed by atoms with Crippen molar-refractivity contribution < 1.29 is 4.74 Å². The topological polar surface area (TPSA) is 73.1 Å². The van der Waals surface area contributed by atoms with E-state index >= 15 is 0 Å². The SMILES string of the molecule is CCCCC(CN)Nc1ncnc(OC)c1C. The van der Waals surface area contributed by atoms with E-state index in [1.807, 2.05) is 6.92 Å². The van der Waals surface area contributed by atoms with Crippen LogP contribution in [0.3, 0.4) is 0 Å². The van der Waals surface area contributed by atoms with E-state index in [0.29, 0.717) is 12.4 Å². The molecule has 5 heteroatoms. The number of methoxy groups -OCH3 is 1. The molecule has 0 aliphatic rings. The molecule has 96 valence electrons. The Morgan fingerprint density at radius 1 is 1.47 bits per heavy atom. The van der Waals surface area contributed by atoms with Crippen LogP contribution in [0.4, 0.5) is 5.82 Å². The Hall–Kier alpha value is -1.36. The lowest BCUT2D eigenvalue weighted by Crippen LogP contribution is -2.29. The molecule has 1 aromatic heterocycles. The van der Waals surface area contributed by atoms with Gasteiger partial charge in [-0.15, -0.1) is 0 Å². The second-order valence-corrected chi connectivity index (χ2v) is 4.08. The van der Waals surface area contributed by atoms with Crippen LogP contribution < -0.4 is 15.8 Å². The Morgan fingerprint density at radius 3 is 2.82 bits per heavy atom. The Labute approximate surface area is 103 Å². The Kier molecular flexibility index (Phi) is 5.69. The number of aromatic nitrogens is 2. The molecule has 0 saturated heterocycles. The van der Waals surface area contributed by atoms with Crippen LogP contribution in [0.15, 0.2) is 6.33 Å². The van der Waals surface area contributed by atoms with Gasteiger partial charge in [0.2, 0.25) is 5.88 Å². The van der Waals surface area contributed by atoms with Gasteiger partial charge in [0.05, 0.1) is 12.7 Å². The third-order valence-electron chi connectivity index (χ3n) is 2.76. The molecule has 17 heavy (non-hydrogen) atoms. The van der Waals surface area contributed by atoms with Gasteiger partial charge in [0.15, 0.2) is 0 Å². The Balaban J connectivity index is 2.72. The molecule has 0 fully saturated rings. The van der Waals surface area contributed by atoms with Crippen molar-refractivity contribution in [1.29, 1.82) is 0 Å². The van der Waals surface area contributed by atoms with E-state index in [1.165, 1.54) is 12.7 Å². The van der Waals surface area contributed by atoms with Gasteiger partial charge in [-0.3, -0.25) is 0 Å². The summed E-state index contributed by atoms with van der Waals surface area (Å²) in [5, 5.41) is 3.35. The maximum Gasteiger partial charge on any atom is 0.221 e. The molecule has 0 aliphatic carbocycles. The van der Waals surface area contributed by atoms with Crippen LogP contribution in [0.1, 0.15) is 31.7 Å². The zero-order valence-corrected chi connectivity index (χ0v) is 10.9. The average Bonchev–Trinajstić information content (AvgIpc) is 2.36. The van der Waals surface area contributed by atoms with Crippen LogP contribution >= 0.6 is 0 Å². The van der Waals surface area contributed by atoms with Gasteiger partial charge >= 0.3 is 0 Å². The number of anilines is 1. The molecule has 5 nitrogen and oxygen atoms in total. The predicted molar refractivity (Wildman–Crippen MR) is 69.3 cm³/mol. The predicted octanol–water partition coefficient (Wildman–Crippen LogP) is 1.72. The highest BCUT2D eigenvalue weighted by Crippen LogP contribution is 2.20. The first-order valence-electron chi connectivity index (χ1n) is 6.05. The van der Waals surface area contributed by atoms with E-state index in [0.717, 1.165) is 24.2 Å². The van der Waals surface area contributed by atoms with Gasteiger partial charge in [0.25, 0.3) is 0 Å². The summed E-state index contributed by atoms with van der Waals surface area (Å²) in [5.74, 6) is 1.41. The summed E-state index contributed by atoms with van der Waals surface area (Å²) >= 11 is 0. The van der Waals surface area contributed by atoms with Crippen LogP contribution in [-0.2, 0) is 0 Å². The molecule has 1 aromatic rings. The van der Waals surface area contributed by atoms with E-state index in [2.05, 4.69) is 22.2 Å². The second-order valence-electron chi connectivity index (χ2n) is 4.08. The Bertz CT molecular complexity index is 343. The van der Waals surface area contributed by atoms with Crippen molar-refractivity contribution in [2.24, 2.45) is 5.73 Å². The van der Waals surface area contributed by atoms with Crippen molar-refractivity contribution in [3.63, 3.8) is 0 Å². The number of unbranched alkanes of at least 4 members (excludes halogenated alkanes) is 1. The highest BCUT2D eigenvalue weighted by Gasteiger charge is 2.11. The summed E-state index contributed by atoms with van der Waals surface area (Å²) in [6, 6.07) is 0.258. The second kappa shape index (κ2) is 7.06. The van der Waals surface area contributed by atoms with Gasteiger partial charge in [0.1, 0.15) is 12.1 Å². The molecule has 0 spiro atoms.